The van der Waals surface area contributed by atoms with E-state index >= 15 is 0 Å². The topological polar surface area (TPSA) is 54.4 Å². The zero-order valence-electron chi connectivity index (χ0n) is 20.4. The van der Waals surface area contributed by atoms with Crippen molar-refractivity contribution in [3.8, 4) is 0 Å². The van der Waals surface area contributed by atoms with Crippen molar-refractivity contribution in [1.29, 1.82) is 0 Å². The molecule has 0 amide bonds. The van der Waals surface area contributed by atoms with E-state index in [2.05, 4.69) is 72.8 Å². The summed E-state index contributed by atoms with van der Waals surface area (Å²) in [4.78, 5) is 24.5. The van der Waals surface area contributed by atoms with Gasteiger partial charge in [0.2, 0.25) is 0 Å². The van der Waals surface area contributed by atoms with Gasteiger partial charge in [0.1, 0.15) is 23.2 Å². The average Bonchev–Trinajstić information content (AvgIpc) is 2.93. The summed E-state index contributed by atoms with van der Waals surface area (Å²) in [5.41, 5.74) is 0.686. The predicted molar refractivity (Wildman–Crippen MR) is 150 cm³/mol. The van der Waals surface area contributed by atoms with E-state index in [1.165, 1.54) is 15.9 Å². The summed E-state index contributed by atoms with van der Waals surface area (Å²) in [6.07, 6.45) is 2.58. The van der Waals surface area contributed by atoms with Gasteiger partial charge in [0, 0.05) is 18.4 Å². The number of benzene rings is 4. The molecule has 1 atom stereocenters. The van der Waals surface area contributed by atoms with Gasteiger partial charge in [-0.2, -0.15) is 0 Å². The van der Waals surface area contributed by atoms with Crippen molar-refractivity contribution < 1.29 is 14.7 Å². The molecule has 36 heavy (non-hydrogen) atoms. The lowest BCUT2D eigenvalue weighted by Crippen LogP contribution is -2.34. The highest BCUT2D eigenvalue weighted by Gasteiger charge is 2.45. The minimum atomic E-state index is -2.03. The maximum atomic E-state index is 12.8. The van der Waals surface area contributed by atoms with Gasteiger partial charge >= 0.3 is 5.97 Å². The summed E-state index contributed by atoms with van der Waals surface area (Å²) in [5.74, 6) is -0.817. The molecule has 4 heteroatoms. The second kappa shape index (κ2) is 12.4. The third kappa shape index (κ3) is 6.17. The molecule has 0 aliphatic carbocycles. The predicted octanol–water partition coefficient (Wildman–Crippen LogP) is 6.12. The molecule has 0 spiro atoms. The van der Waals surface area contributed by atoms with Crippen molar-refractivity contribution in [3.63, 3.8) is 0 Å². The Balaban J connectivity index is 1.66. The first-order valence-electron chi connectivity index (χ1n) is 12.4. The maximum absolute atomic E-state index is 12.8. The number of hydrogen-bond acceptors (Lipinski definition) is 2. The highest BCUT2D eigenvalue weighted by molar-refractivity contribution is 7.95. The van der Waals surface area contributed by atoms with Crippen LogP contribution in [0.25, 0.3) is 0 Å². The second-order valence-corrected chi connectivity index (χ2v) is 12.7. The molecule has 182 valence electrons. The second-order valence-electron chi connectivity index (χ2n) is 9.12. The molecule has 0 fully saturated rings. The normalized spacial score (nSPS) is 12.1. The molecule has 4 rings (SSSR count). The number of rotatable bonds is 12. The Morgan fingerprint density at radius 2 is 1.03 bits per heavy atom. The zero-order valence-corrected chi connectivity index (χ0v) is 21.3. The summed E-state index contributed by atoms with van der Waals surface area (Å²) in [6, 6.07) is 41.1. The van der Waals surface area contributed by atoms with Gasteiger partial charge in [-0.05, 0) is 55.2 Å². The molecular formula is C32H32O3P+. The van der Waals surface area contributed by atoms with Crippen LogP contribution in [0.3, 0.4) is 0 Å². The Bertz CT molecular complexity index is 1150. The third-order valence-electron chi connectivity index (χ3n) is 6.80. The van der Waals surface area contributed by atoms with E-state index in [1.54, 1.807) is 0 Å². The first-order valence-corrected chi connectivity index (χ1v) is 14.4. The molecule has 0 aliphatic rings. The van der Waals surface area contributed by atoms with Crippen molar-refractivity contribution in [2.45, 2.75) is 25.7 Å². The molecule has 0 aromatic heterocycles. The fraction of sp³-hybridized carbons (Fsp3) is 0.188. The molecule has 0 radical (unpaired) electrons. The molecule has 0 saturated carbocycles. The van der Waals surface area contributed by atoms with Crippen LogP contribution in [0.4, 0.5) is 0 Å². The van der Waals surface area contributed by atoms with E-state index in [0.29, 0.717) is 18.4 Å². The molecule has 1 N–H and O–H groups in total. The Labute approximate surface area is 214 Å². The first-order chi connectivity index (χ1) is 17.6. The quantitative estimate of drug-likeness (QED) is 0.190. The van der Waals surface area contributed by atoms with E-state index in [1.807, 2.05) is 48.5 Å². The molecule has 3 nitrogen and oxygen atoms in total. The minimum absolute atomic E-state index is 0.0699. The Morgan fingerprint density at radius 1 is 0.611 bits per heavy atom. The summed E-state index contributed by atoms with van der Waals surface area (Å²) in [6.45, 7) is 0. The van der Waals surface area contributed by atoms with Gasteiger partial charge < -0.3 is 5.11 Å². The number of Topliss-reactive ketones (excluding diaryl/α,β-unsaturated/α-hetero) is 1. The van der Waals surface area contributed by atoms with Crippen LogP contribution in [-0.4, -0.2) is 23.0 Å². The van der Waals surface area contributed by atoms with E-state index in [0.717, 1.165) is 12.6 Å². The Morgan fingerprint density at radius 3 is 1.44 bits per heavy atom. The van der Waals surface area contributed by atoms with Gasteiger partial charge in [0.15, 0.2) is 5.78 Å². The van der Waals surface area contributed by atoms with Gasteiger partial charge in [-0.15, -0.1) is 0 Å². The van der Waals surface area contributed by atoms with E-state index in [9.17, 15) is 14.7 Å². The molecular weight excluding hydrogens is 463 g/mol. The van der Waals surface area contributed by atoms with Crippen molar-refractivity contribution in [3.05, 3.63) is 127 Å². The maximum Gasteiger partial charge on any atom is 0.303 e. The van der Waals surface area contributed by atoms with Crippen LogP contribution in [0.15, 0.2) is 121 Å². The van der Waals surface area contributed by atoms with E-state index in [4.69, 9.17) is 0 Å². The summed E-state index contributed by atoms with van der Waals surface area (Å²) in [7, 11) is -2.03. The molecule has 0 saturated heterocycles. The lowest BCUT2D eigenvalue weighted by Gasteiger charge is -2.29. The highest BCUT2D eigenvalue weighted by atomic mass is 31.2. The third-order valence-corrected chi connectivity index (χ3v) is 11.3. The number of hydrogen-bond donors (Lipinski definition) is 1. The van der Waals surface area contributed by atoms with Crippen LogP contribution in [0, 0.1) is 5.92 Å². The van der Waals surface area contributed by atoms with Gasteiger partial charge in [-0.3, -0.25) is 9.59 Å². The van der Waals surface area contributed by atoms with Crippen LogP contribution < -0.4 is 15.9 Å². The molecule has 4 aromatic rings. The standard InChI is InChI=1S/C32H31O3P/c33-31(27-13-5-1-6-14-27)22-21-26(25-32(34)35)23-24-36(28-15-7-2-8-16-28,29-17-9-3-10-18-29)30-19-11-4-12-20-30/h1-20,26H,21-25H2/p+1/t26-/m0/s1. The summed E-state index contributed by atoms with van der Waals surface area (Å²) < 4.78 is 0. The summed E-state index contributed by atoms with van der Waals surface area (Å²) >= 11 is 0. The first kappa shape index (κ1) is 25.5. The van der Waals surface area contributed by atoms with Crippen LogP contribution in [0.1, 0.15) is 36.0 Å². The van der Waals surface area contributed by atoms with Gasteiger partial charge in [0.25, 0.3) is 0 Å². The van der Waals surface area contributed by atoms with Crippen LogP contribution in [0.5, 0.6) is 0 Å². The van der Waals surface area contributed by atoms with Crippen LogP contribution >= 0.6 is 7.26 Å². The monoisotopic (exact) mass is 495 g/mol. The highest BCUT2D eigenvalue weighted by Crippen LogP contribution is 2.56. The number of carboxylic acid groups (broad SMARTS) is 1. The fourth-order valence-electron chi connectivity index (χ4n) is 4.96. The van der Waals surface area contributed by atoms with Gasteiger partial charge in [-0.1, -0.05) is 84.9 Å². The van der Waals surface area contributed by atoms with E-state index < -0.39 is 13.2 Å². The largest absolute Gasteiger partial charge is 0.481 e. The number of carbonyl (C=O) groups is 2. The van der Waals surface area contributed by atoms with Crippen molar-refractivity contribution in [2.24, 2.45) is 5.92 Å². The average molecular weight is 496 g/mol. The van der Waals surface area contributed by atoms with Gasteiger partial charge in [0.05, 0.1) is 6.16 Å². The molecule has 0 unspecified atom stereocenters. The lowest BCUT2D eigenvalue weighted by molar-refractivity contribution is -0.138. The van der Waals surface area contributed by atoms with Crippen molar-refractivity contribution in [1.82, 2.24) is 0 Å². The van der Waals surface area contributed by atoms with Crippen molar-refractivity contribution in [2.75, 3.05) is 6.16 Å². The molecule has 0 bridgehead atoms. The number of carbonyl (C=O) groups excluding carboxylic acids is 1. The SMILES string of the molecule is O=C(O)C[C@@H](CCC(=O)c1ccccc1)CC[P+](c1ccccc1)(c1ccccc1)c1ccccc1. The van der Waals surface area contributed by atoms with E-state index in [-0.39, 0.29) is 18.1 Å². The lowest BCUT2D eigenvalue weighted by atomic mass is 9.94. The van der Waals surface area contributed by atoms with Crippen LogP contribution in [-0.2, 0) is 4.79 Å². The van der Waals surface area contributed by atoms with Crippen molar-refractivity contribution >= 4 is 34.9 Å². The zero-order chi connectivity index (χ0) is 25.2. The number of aliphatic carboxylic acids is 1. The Hall–Kier alpha value is -3.55. The Kier molecular flexibility index (Phi) is 8.81. The fourth-order valence-corrected chi connectivity index (χ4v) is 9.42. The number of carboxylic acids is 1. The smallest absolute Gasteiger partial charge is 0.303 e. The summed E-state index contributed by atoms with van der Waals surface area (Å²) in [5, 5.41) is 13.5. The molecule has 0 heterocycles. The number of ketones is 1. The molecule has 0 aliphatic heterocycles. The minimum Gasteiger partial charge on any atom is -0.481 e. The van der Waals surface area contributed by atoms with Gasteiger partial charge in [-0.25, -0.2) is 0 Å². The van der Waals surface area contributed by atoms with Crippen LogP contribution in [0.2, 0.25) is 0 Å². The molecule has 4 aromatic carbocycles.